The fraction of sp³-hybridized carbons (Fsp3) is 0.118. The summed E-state index contributed by atoms with van der Waals surface area (Å²) in [5, 5.41) is 9.06. The predicted molar refractivity (Wildman–Crippen MR) is 79.1 cm³/mol. The van der Waals surface area contributed by atoms with Gasteiger partial charge in [0, 0.05) is 18.9 Å². The van der Waals surface area contributed by atoms with Gasteiger partial charge in [-0.15, -0.1) is 0 Å². The van der Waals surface area contributed by atoms with Crippen LogP contribution in [0.5, 0.6) is 0 Å². The molecule has 0 radical (unpaired) electrons. The maximum Gasteiger partial charge on any atom is 0.124 e. The molecule has 0 atom stereocenters. The molecule has 0 fully saturated rings. The molecule has 3 nitrogen and oxygen atoms in total. The van der Waals surface area contributed by atoms with E-state index in [1.165, 1.54) is 12.1 Å². The van der Waals surface area contributed by atoms with Crippen molar-refractivity contribution in [3.8, 4) is 11.1 Å². The van der Waals surface area contributed by atoms with Crippen LogP contribution >= 0.6 is 0 Å². The quantitative estimate of drug-likeness (QED) is 0.798. The van der Waals surface area contributed by atoms with E-state index >= 15 is 0 Å². The van der Waals surface area contributed by atoms with Gasteiger partial charge in [0.1, 0.15) is 5.82 Å². The lowest BCUT2D eigenvalue weighted by molar-refractivity contribution is 0.282. The first-order chi connectivity index (χ1) is 10.2. The number of hydrogen-bond donors (Lipinski definition) is 1. The number of nitrogens with zero attached hydrogens (tertiary/aromatic N) is 2. The number of aliphatic hydroxyl groups excluding tert-OH is 1. The molecule has 0 amide bonds. The fourth-order valence-corrected chi connectivity index (χ4v) is 2.30. The van der Waals surface area contributed by atoms with Crippen molar-refractivity contribution < 1.29 is 9.50 Å². The first kappa shape index (κ1) is 13.5. The molecule has 0 saturated heterocycles. The molecule has 0 aliphatic heterocycles. The molecular weight excluding hydrogens is 267 g/mol. The van der Waals surface area contributed by atoms with Gasteiger partial charge in [0.05, 0.1) is 12.9 Å². The molecule has 0 spiro atoms. The molecule has 1 heterocycles. The highest BCUT2D eigenvalue weighted by atomic mass is 19.1. The Bertz CT molecular complexity index is 721. The second-order valence-corrected chi connectivity index (χ2v) is 4.94. The van der Waals surface area contributed by atoms with Crippen molar-refractivity contribution in [1.29, 1.82) is 0 Å². The zero-order chi connectivity index (χ0) is 14.7. The molecule has 0 unspecified atom stereocenters. The van der Waals surface area contributed by atoms with E-state index in [1.54, 1.807) is 12.5 Å². The van der Waals surface area contributed by atoms with Crippen LogP contribution in [-0.2, 0) is 13.2 Å². The molecule has 3 aromatic rings. The highest BCUT2D eigenvalue weighted by Crippen LogP contribution is 2.23. The second-order valence-electron chi connectivity index (χ2n) is 4.94. The number of imidazole rings is 1. The Balaban J connectivity index is 1.92. The van der Waals surface area contributed by atoms with Crippen molar-refractivity contribution in [2.45, 2.75) is 13.2 Å². The van der Waals surface area contributed by atoms with Crippen LogP contribution in [0, 0.1) is 5.82 Å². The van der Waals surface area contributed by atoms with E-state index < -0.39 is 0 Å². The van der Waals surface area contributed by atoms with E-state index in [0.29, 0.717) is 6.54 Å². The minimum absolute atomic E-state index is 0.00924. The lowest BCUT2D eigenvalue weighted by Crippen LogP contribution is -1.97. The first-order valence-electron chi connectivity index (χ1n) is 6.70. The van der Waals surface area contributed by atoms with Gasteiger partial charge in [-0.2, -0.15) is 0 Å². The van der Waals surface area contributed by atoms with Crippen LogP contribution in [0.4, 0.5) is 4.39 Å². The van der Waals surface area contributed by atoms with E-state index in [2.05, 4.69) is 4.98 Å². The Morgan fingerprint density at radius 1 is 1.00 bits per heavy atom. The van der Waals surface area contributed by atoms with E-state index in [9.17, 15) is 4.39 Å². The third-order valence-corrected chi connectivity index (χ3v) is 3.35. The van der Waals surface area contributed by atoms with Crippen LogP contribution in [0.15, 0.2) is 61.2 Å². The van der Waals surface area contributed by atoms with Crippen LogP contribution in [-0.4, -0.2) is 14.7 Å². The molecule has 106 valence electrons. The van der Waals surface area contributed by atoms with E-state index in [1.807, 2.05) is 41.1 Å². The van der Waals surface area contributed by atoms with Crippen molar-refractivity contribution in [2.24, 2.45) is 0 Å². The minimum atomic E-state index is -0.256. The van der Waals surface area contributed by atoms with Gasteiger partial charge in [0.2, 0.25) is 0 Å². The monoisotopic (exact) mass is 282 g/mol. The highest BCUT2D eigenvalue weighted by Gasteiger charge is 2.04. The Morgan fingerprint density at radius 2 is 1.81 bits per heavy atom. The Kier molecular flexibility index (Phi) is 3.79. The summed E-state index contributed by atoms with van der Waals surface area (Å²) in [6.07, 6.45) is 5.26. The summed E-state index contributed by atoms with van der Waals surface area (Å²) in [5.41, 5.74) is 3.48. The Labute approximate surface area is 122 Å². The Morgan fingerprint density at radius 3 is 2.48 bits per heavy atom. The van der Waals surface area contributed by atoms with Gasteiger partial charge in [-0.05, 0) is 40.5 Å². The lowest BCUT2D eigenvalue weighted by atomic mass is 10.0. The maximum absolute atomic E-state index is 13.8. The molecular formula is C17H15FN2O. The average molecular weight is 282 g/mol. The molecule has 0 aliphatic carbocycles. The molecule has 2 aromatic carbocycles. The summed E-state index contributed by atoms with van der Waals surface area (Å²) in [6, 6.07) is 12.5. The molecule has 0 aliphatic rings. The summed E-state index contributed by atoms with van der Waals surface area (Å²) < 4.78 is 15.7. The number of aromatic nitrogens is 2. The molecule has 1 aromatic heterocycles. The molecule has 4 heteroatoms. The van der Waals surface area contributed by atoms with Gasteiger partial charge in [-0.1, -0.05) is 24.3 Å². The summed E-state index contributed by atoms with van der Waals surface area (Å²) in [5.74, 6) is -0.256. The smallest absolute Gasteiger partial charge is 0.124 e. The number of benzene rings is 2. The van der Waals surface area contributed by atoms with E-state index in [-0.39, 0.29) is 12.4 Å². The number of rotatable bonds is 4. The van der Waals surface area contributed by atoms with Crippen LogP contribution in [0.3, 0.4) is 0 Å². The fourth-order valence-electron chi connectivity index (χ4n) is 2.30. The first-order valence-corrected chi connectivity index (χ1v) is 6.70. The Hall–Kier alpha value is -2.46. The van der Waals surface area contributed by atoms with Crippen LogP contribution in [0.25, 0.3) is 11.1 Å². The van der Waals surface area contributed by atoms with Crippen molar-refractivity contribution in [1.82, 2.24) is 9.55 Å². The summed E-state index contributed by atoms with van der Waals surface area (Å²) in [6.45, 7) is 0.592. The lowest BCUT2D eigenvalue weighted by Gasteiger charge is -2.08. The standard InChI is InChI=1S/C17H15FN2O/c18-17-8-14(10-20-6-5-19-12-20)7-16(9-17)15-3-1-13(11-21)2-4-15/h1-9,12,21H,10-11H2. The SMILES string of the molecule is OCc1ccc(-c2cc(F)cc(Cn3ccnc3)c2)cc1. The van der Waals surface area contributed by atoms with Gasteiger partial charge in [-0.25, -0.2) is 9.37 Å². The van der Waals surface area contributed by atoms with Gasteiger partial charge in [0.25, 0.3) is 0 Å². The number of hydrogen-bond acceptors (Lipinski definition) is 2. The zero-order valence-corrected chi connectivity index (χ0v) is 11.4. The zero-order valence-electron chi connectivity index (χ0n) is 11.4. The van der Waals surface area contributed by atoms with E-state index in [0.717, 1.165) is 22.3 Å². The molecule has 0 bridgehead atoms. The third kappa shape index (κ3) is 3.17. The highest BCUT2D eigenvalue weighted by molar-refractivity contribution is 5.64. The van der Waals surface area contributed by atoms with Crippen molar-refractivity contribution >= 4 is 0 Å². The minimum Gasteiger partial charge on any atom is -0.392 e. The topological polar surface area (TPSA) is 38.0 Å². The molecule has 0 saturated carbocycles. The maximum atomic E-state index is 13.8. The molecule has 1 N–H and O–H groups in total. The largest absolute Gasteiger partial charge is 0.392 e. The summed E-state index contributed by atoms with van der Waals surface area (Å²) >= 11 is 0. The molecule has 21 heavy (non-hydrogen) atoms. The number of halogens is 1. The van der Waals surface area contributed by atoms with Crippen molar-refractivity contribution in [3.05, 3.63) is 78.1 Å². The predicted octanol–water partition coefficient (Wildman–Crippen LogP) is 3.23. The summed E-state index contributed by atoms with van der Waals surface area (Å²) in [7, 11) is 0. The van der Waals surface area contributed by atoms with Crippen LogP contribution < -0.4 is 0 Å². The number of aliphatic hydroxyl groups is 1. The van der Waals surface area contributed by atoms with Crippen molar-refractivity contribution in [3.63, 3.8) is 0 Å². The third-order valence-electron chi connectivity index (χ3n) is 3.35. The van der Waals surface area contributed by atoms with Crippen LogP contribution in [0.1, 0.15) is 11.1 Å². The van der Waals surface area contributed by atoms with Gasteiger partial charge in [-0.3, -0.25) is 0 Å². The van der Waals surface area contributed by atoms with Gasteiger partial charge < -0.3 is 9.67 Å². The van der Waals surface area contributed by atoms with Crippen LogP contribution in [0.2, 0.25) is 0 Å². The van der Waals surface area contributed by atoms with Crippen molar-refractivity contribution in [2.75, 3.05) is 0 Å². The summed E-state index contributed by atoms with van der Waals surface area (Å²) in [4.78, 5) is 3.99. The second kappa shape index (κ2) is 5.89. The normalized spacial score (nSPS) is 10.8. The molecule has 3 rings (SSSR count). The van der Waals surface area contributed by atoms with E-state index in [4.69, 9.17) is 5.11 Å². The van der Waals surface area contributed by atoms with Gasteiger partial charge >= 0.3 is 0 Å². The van der Waals surface area contributed by atoms with Gasteiger partial charge in [0.15, 0.2) is 0 Å². The average Bonchev–Trinajstić information content (AvgIpc) is 2.99.